The third-order valence-electron chi connectivity index (χ3n) is 6.34. The average molecular weight is 363 g/mol. The number of benzene rings is 2. The molecule has 0 atom stereocenters. The minimum Gasteiger partial charge on any atom is -0.312 e. The number of carbonyl (C=O) groups excluding carboxylic acids is 1. The van der Waals surface area contributed by atoms with Crippen LogP contribution in [-0.4, -0.2) is 30.4 Å². The second kappa shape index (κ2) is 7.85. The number of fused-ring (bicyclic) bond motifs is 1. The van der Waals surface area contributed by atoms with Gasteiger partial charge in [-0.05, 0) is 80.9 Å². The van der Waals surface area contributed by atoms with E-state index in [1.165, 1.54) is 22.3 Å². The first kappa shape index (κ1) is 18.2. The van der Waals surface area contributed by atoms with Gasteiger partial charge in [0.2, 0.25) is 5.91 Å². The molecule has 1 amide bonds. The molecule has 27 heavy (non-hydrogen) atoms. The Hall–Kier alpha value is -2.13. The molecule has 1 fully saturated rings. The van der Waals surface area contributed by atoms with E-state index < -0.39 is 0 Å². The number of anilines is 1. The van der Waals surface area contributed by atoms with Crippen molar-refractivity contribution in [3.63, 3.8) is 0 Å². The molecule has 0 bridgehead atoms. The molecule has 4 rings (SSSR count). The van der Waals surface area contributed by atoms with E-state index in [0.29, 0.717) is 5.91 Å². The molecule has 0 radical (unpaired) electrons. The summed E-state index contributed by atoms with van der Waals surface area (Å²) in [5.41, 5.74) is 6.67. The number of rotatable bonds is 3. The van der Waals surface area contributed by atoms with Gasteiger partial charge < -0.3 is 4.90 Å². The molecule has 2 aromatic rings. The molecule has 2 aliphatic rings. The van der Waals surface area contributed by atoms with E-state index in [1.54, 1.807) is 0 Å². The molecule has 2 aliphatic heterocycles. The Morgan fingerprint density at radius 2 is 1.67 bits per heavy atom. The number of aryl methyl sites for hydroxylation is 3. The van der Waals surface area contributed by atoms with Crippen LogP contribution in [0, 0.1) is 19.8 Å². The largest absolute Gasteiger partial charge is 0.312 e. The van der Waals surface area contributed by atoms with Gasteiger partial charge in [0.1, 0.15) is 0 Å². The van der Waals surface area contributed by atoms with Crippen LogP contribution in [0.3, 0.4) is 0 Å². The maximum absolute atomic E-state index is 13.2. The van der Waals surface area contributed by atoms with Gasteiger partial charge in [-0.2, -0.15) is 0 Å². The first-order valence-electron chi connectivity index (χ1n) is 10.3. The average Bonchev–Trinajstić information content (AvgIpc) is 2.70. The molecule has 0 N–H and O–H groups in total. The lowest BCUT2D eigenvalue weighted by Gasteiger charge is -2.36. The molecule has 0 saturated carbocycles. The fourth-order valence-electron chi connectivity index (χ4n) is 4.64. The van der Waals surface area contributed by atoms with Gasteiger partial charge in [-0.25, -0.2) is 0 Å². The Morgan fingerprint density at radius 1 is 0.963 bits per heavy atom. The minimum absolute atomic E-state index is 0.172. The highest BCUT2D eigenvalue weighted by Gasteiger charge is 2.31. The summed E-state index contributed by atoms with van der Waals surface area (Å²) in [5.74, 6) is 0.513. The van der Waals surface area contributed by atoms with Crippen LogP contribution in [0.15, 0.2) is 42.5 Å². The minimum atomic E-state index is 0.172. The Balaban J connectivity index is 1.39. The van der Waals surface area contributed by atoms with Crippen LogP contribution in [0.5, 0.6) is 0 Å². The standard InChI is InChI=1S/C24H30N2O/c1-18-7-5-8-19(2)22(18)17-25-15-12-21(13-16-25)24(27)26-14-6-10-20-9-3-4-11-23(20)26/h3-5,7-9,11,21H,6,10,12-17H2,1-2H3. The van der Waals surface area contributed by atoms with Crippen molar-refractivity contribution < 1.29 is 4.79 Å². The summed E-state index contributed by atoms with van der Waals surface area (Å²) in [6, 6.07) is 15.0. The van der Waals surface area contributed by atoms with Gasteiger partial charge in [-0.3, -0.25) is 9.69 Å². The van der Waals surface area contributed by atoms with Crippen LogP contribution in [0.4, 0.5) is 5.69 Å². The lowest BCUT2D eigenvalue weighted by Crippen LogP contribution is -2.44. The van der Waals surface area contributed by atoms with Crippen LogP contribution < -0.4 is 4.90 Å². The number of hydrogen-bond acceptors (Lipinski definition) is 2. The third kappa shape index (κ3) is 3.79. The number of likely N-dealkylation sites (tertiary alicyclic amines) is 1. The van der Waals surface area contributed by atoms with Crippen LogP contribution >= 0.6 is 0 Å². The zero-order chi connectivity index (χ0) is 18.8. The Kier molecular flexibility index (Phi) is 5.31. The van der Waals surface area contributed by atoms with Crippen molar-refractivity contribution >= 4 is 11.6 Å². The van der Waals surface area contributed by atoms with E-state index >= 15 is 0 Å². The van der Waals surface area contributed by atoms with Crippen molar-refractivity contribution in [2.24, 2.45) is 5.92 Å². The molecule has 2 aromatic carbocycles. The van der Waals surface area contributed by atoms with Crippen LogP contribution in [-0.2, 0) is 17.8 Å². The summed E-state index contributed by atoms with van der Waals surface area (Å²) < 4.78 is 0. The van der Waals surface area contributed by atoms with Crippen LogP contribution in [0.1, 0.15) is 41.5 Å². The van der Waals surface area contributed by atoms with Crippen LogP contribution in [0.2, 0.25) is 0 Å². The van der Waals surface area contributed by atoms with Gasteiger partial charge in [0.05, 0.1) is 0 Å². The van der Waals surface area contributed by atoms with E-state index in [0.717, 1.165) is 57.5 Å². The lowest BCUT2D eigenvalue weighted by molar-refractivity contribution is -0.123. The number of amides is 1. The van der Waals surface area contributed by atoms with E-state index in [2.05, 4.69) is 66.1 Å². The number of carbonyl (C=O) groups is 1. The lowest BCUT2D eigenvalue weighted by atomic mass is 9.92. The van der Waals surface area contributed by atoms with Crippen molar-refractivity contribution in [2.75, 3.05) is 24.5 Å². The first-order chi connectivity index (χ1) is 13.1. The Bertz CT molecular complexity index is 801. The predicted molar refractivity (Wildman–Crippen MR) is 111 cm³/mol. The summed E-state index contributed by atoms with van der Waals surface area (Å²) >= 11 is 0. The molecule has 0 spiro atoms. The molecule has 3 nitrogen and oxygen atoms in total. The number of nitrogens with zero attached hydrogens (tertiary/aromatic N) is 2. The van der Waals surface area contributed by atoms with Gasteiger partial charge >= 0.3 is 0 Å². The number of para-hydroxylation sites is 1. The van der Waals surface area contributed by atoms with Crippen molar-refractivity contribution in [3.05, 3.63) is 64.7 Å². The first-order valence-corrected chi connectivity index (χ1v) is 10.3. The molecular formula is C24H30N2O. The molecule has 2 heterocycles. The van der Waals surface area contributed by atoms with Crippen molar-refractivity contribution in [1.29, 1.82) is 0 Å². The van der Waals surface area contributed by atoms with Crippen molar-refractivity contribution in [3.8, 4) is 0 Å². The van der Waals surface area contributed by atoms with Gasteiger partial charge in [0.15, 0.2) is 0 Å². The fraction of sp³-hybridized carbons (Fsp3) is 0.458. The van der Waals surface area contributed by atoms with Gasteiger partial charge in [0, 0.05) is 24.7 Å². The zero-order valence-electron chi connectivity index (χ0n) is 16.6. The molecule has 1 saturated heterocycles. The summed E-state index contributed by atoms with van der Waals surface area (Å²) in [6.07, 6.45) is 4.12. The molecule has 0 aromatic heterocycles. The smallest absolute Gasteiger partial charge is 0.230 e. The normalized spacial score (nSPS) is 18.4. The highest BCUT2D eigenvalue weighted by molar-refractivity contribution is 5.96. The Morgan fingerprint density at radius 3 is 2.41 bits per heavy atom. The Labute approximate surface area is 163 Å². The van der Waals surface area contributed by atoms with Gasteiger partial charge in [-0.15, -0.1) is 0 Å². The summed E-state index contributed by atoms with van der Waals surface area (Å²) in [5, 5.41) is 0. The second-order valence-electron chi connectivity index (χ2n) is 8.14. The summed E-state index contributed by atoms with van der Waals surface area (Å²) in [6.45, 7) is 8.31. The quantitative estimate of drug-likeness (QED) is 0.803. The van der Waals surface area contributed by atoms with E-state index in [-0.39, 0.29) is 5.92 Å². The molecular weight excluding hydrogens is 332 g/mol. The molecule has 0 aliphatic carbocycles. The van der Waals surface area contributed by atoms with E-state index in [4.69, 9.17) is 0 Å². The zero-order valence-corrected chi connectivity index (χ0v) is 16.6. The van der Waals surface area contributed by atoms with E-state index in [9.17, 15) is 4.79 Å². The van der Waals surface area contributed by atoms with Crippen molar-refractivity contribution in [1.82, 2.24) is 4.90 Å². The second-order valence-corrected chi connectivity index (χ2v) is 8.14. The third-order valence-corrected chi connectivity index (χ3v) is 6.34. The topological polar surface area (TPSA) is 23.6 Å². The van der Waals surface area contributed by atoms with E-state index in [1.807, 2.05) is 0 Å². The number of hydrogen-bond donors (Lipinski definition) is 0. The highest BCUT2D eigenvalue weighted by Crippen LogP contribution is 2.30. The monoisotopic (exact) mass is 362 g/mol. The summed E-state index contributed by atoms with van der Waals surface area (Å²) in [4.78, 5) is 17.8. The van der Waals surface area contributed by atoms with Crippen molar-refractivity contribution in [2.45, 2.75) is 46.1 Å². The van der Waals surface area contributed by atoms with Gasteiger partial charge in [-0.1, -0.05) is 36.4 Å². The van der Waals surface area contributed by atoms with Crippen LogP contribution in [0.25, 0.3) is 0 Å². The highest BCUT2D eigenvalue weighted by atomic mass is 16.2. The maximum atomic E-state index is 13.2. The fourth-order valence-corrected chi connectivity index (χ4v) is 4.64. The summed E-state index contributed by atoms with van der Waals surface area (Å²) in [7, 11) is 0. The van der Waals surface area contributed by atoms with Gasteiger partial charge in [0.25, 0.3) is 0 Å². The molecule has 0 unspecified atom stereocenters. The SMILES string of the molecule is Cc1cccc(C)c1CN1CCC(C(=O)N2CCCc3ccccc32)CC1. The number of piperidine rings is 1. The molecule has 3 heteroatoms. The molecule has 142 valence electrons. The predicted octanol–water partition coefficient (Wildman–Crippen LogP) is 4.49. The maximum Gasteiger partial charge on any atom is 0.230 e.